The van der Waals surface area contributed by atoms with E-state index in [0.29, 0.717) is 11.4 Å². The van der Waals surface area contributed by atoms with Crippen LogP contribution in [0, 0.1) is 12.7 Å². The molecule has 2 heterocycles. The molecule has 0 radical (unpaired) electrons. The van der Waals surface area contributed by atoms with Crippen molar-refractivity contribution in [2.24, 2.45) is 7.05 Å². The number of hydrogen-bond donors (Lipinski definition) is 2. The fraction of sp³-hybridized carbons (Fsp3) is 0.125. The number of nitrogens with one attached hydrogen (secondary N) is 1. The first-order chi connectivity index (χ1) is 16.2. The number of allylic oxidation sites excluding steroid dienone is 5. The number of carbonyl (C=O) groups is 1. The van der Waals surface area contributed by atoms with Crippen molar-refractivity contribution in [1.82, 2.24) is 14.3 Å². The number of ether oxygens (including phenoxy) is 1. The molecule has 0 saturated carbocycles. The molecule has 3 rings (SSSR count). The van der Waals surface area contributed by atoms with Crippen LogP contribution < -0.4 is 21.3 Å². The molecule has 0 aliphatic carbocycles. The number of nitrogen functional groups attached to an aromatic ring is 1. The molecule has 34 heavy (non-hydrogen) atoms. The molecular weight excluding hydrogens is 461 g/mol. The standard InChI is InChI=1S/C24H23ClFN5O3/c1-5-7-8-15(6-2)31-24(33)22(14(3)30(31)4)23(32)29-19-13-18(26)20(12-17(19)25)34-16-9-10-28-21(27)11-16/h5-13H,1H2,2-4H3,(H2,27,28)(H,29,32)/b8-7-,15-6+. The van der Waals surface area contributed by atoms with Gasteiger partial charge in [-0.2, -0.15) is 0 Å². The van der Waals surface area contributed by atoms with Crippen molar-refractivity contribution in [2.45, 2.75) is 13.8 Å². The Kier molecular flexibility index (Phi) is 7.37. The number of halogens is 2. The van der Waals surface area contributed by atoms with Crippen LogP contribution in [0.25, 0.3) is 5.70 Å². The Balaban J connectivity index is 1.92. The van der Waals surface area contributed by atoms with Crippen molar-refractivity contribution in [1.29, 1.82) is 0 Å². The number of anilines is 2. The highest BCUT2D eigenvalue weighted by molar-refractivity contribution is 6.34. The summed E-state index contributed by atoms with van der Waals surface area (Å²) < 4.78 is 23.1. The van der Waals surface area contributed by atoms with E-state index in [1.807, 2.05) is 0 Å². The molecule has 0 atom stereocenters. The van der Waals surface area contributed by atoms with E-state index < -0.39 is 17.3 Å². The van der Waals surface area contributed by atoms with E-state index in [2.05, 4.69) is 16.9 Å². The maximum Gasteiger partial charge on any atom is 0.284 e. The molecule has 3 N–H and O–H groups in total. The highest BCUT2D eigenvalue weighted by Crippen LogP contribution is 2.33. The van der Waals surface area contributed by atoms with Crippen molar-refractivity contribution < 1.29 is 13.9 Å². The third-order valence-corrected chi connectivity index (χ3v) is 5.29. The van der Waals surface area contributed by atoms with Gasteiger partial charge in [0.1, 0.15) is 17.1 Å². The lowest BCUT2D eigenvalue weighted by molar-refractivity contribution is 0.102. The van der Waals surface area contributed by atoms with Gasteiger partial charge in [-0.25, -0.2) is 14.1 Å². The second-order valence-electron chi connectivity index (χ2n) is 7.14. The first-order valence-electron chi connectivity index (χ1n) is 10.1. The highest BCUT2D eigenvalue weighted by atomic mass is 35.5. The van der Waals surface area contributed by atoms with Gasteiger partial charge < -0.3 is 15.8 Å². The summed E-state index contributed by atoms with van der Waals surface area (Å²) in [7, 11) is 1.66. The summed E-state index contributed by atoms with van der Waals surface area (Å²) in [6.45, 7) is 7.02. The molecule has 0 aliphatic rings. The van der Waals surface area contributed by atoms with Crippen molar-refractivity contribution in [3.63, 3.8) is 0 Å². The maximum absolute atomic E-state index is 14.7. The number of rotatable bonds is 7. The lowest BCUT2D eigenvalue weighted by Gasteiger charge is -2.11. The lowest BCUT2D eigenvalue weighted by atomic mass is 10.2. The van der Waals surface area contributed by atoms with Gasteiger partial charge in [-0.05, 0) is 26.0 Å². The summed E-state index contributed by atoms with van der Waals surface area (Å²) >= 11 is 6.26. The zero-order chi connectivity index (χ0) is 25.0. The molecule has 1 amide bonds. The smallest absolute Gasteiger partial charge is 0.284 e. The molecule has 0 bridgehead atoms. The van der Waals surface area contributed by atoms with E-state index in [9.17, 15) is 14.0 Å². The molecule has 0 unspecified atom stereocenters. The van der Waals surface area contributed by atoms with E-state index in [0.717, 1.165) is 6.07 Å². The van der Waals surface area contributed by atoms with Crippen LogP contribution in [0.5, 0.6) is 11.5 Å². The average molecular weight is 484 g/mol. The Morgan fingerprint density at radius 1 is 1.35 bits per heavy atom. The largest absolute Gasteiger partial charge is 0.454 e. The van der Waals surface area contributed by atoms with Crippen molar-refractivity contribution in [2.75, 3.05) is 11.1 Å². The molecule has 10 heteroatoms. The molecule has 8 nitrogen and oxygen atoms in total. The zero-order valence-corrected chi connectivity index (χ0v) is 19.6. The molecule has 0 aliphatic heterocycles. The van der Waals surface area contributed by atoms with Gasteiger partial charge in [-0.1, -0.05) is 36.4 Å². The quantitative estimate of drug-likeness (QED) is 0.464. The first kappa shape index (κ1) is 24.5. The molecule has 3 aromatic rings. The number of benzene rings is 1. The molecular formula is C24H23ClFN5O3. The summed E-state index contributed by atoms with van der Waals surface area (Å²) in [5, 5.41) is 2.53. The van der Waals surface area contributed by atoms with Gasteiger partial charge >= 0.3 is 0 Å². The van der Waals surface area contributed by atoms with E-state index in [-0.39, 0.29) is 33.6 Å². The highest BCUT2D eigenvalue weighted by Gasteiger charge is 2.23. The second kappa shape index (κ2) is 10.2. The van der Waals surface area contributed by atoms with Gasteiger partial charge in [0.25, 0.3) is 11.5 Å². The van der Waals surface area contributed by atoms with E-state index in [1.54, 1.807) is 49.9 Å². The predicted octanol–water partition coefficient (Wildman–Crippen LogP) is 4.91. The minimum absolute atomic E-state index is 0.0160. The molecule has 0 saturated heterocycles. The van der Waals surface area contributed by atoms with E-state index >= 15 is 0 Å². The number of aromatic nitrogens is 3. The summed E-state index contributed by atoms with van der Waals surface area (Å²) in [5.74, 6) is -1.19. The van der Waals surface area contributed by atoms with Crippen LogP contribution in [0.4, 0.5) is 15.9 Å². The minimum Gasteiger partial charge on any atom is -0.454 e. The van der Waals surface area contributed by atoms with Gasteiger partial charge in [0, 0.05) is 31.4 Å². The average Bonchev–Trinajstić information content (AvgIpc) is 3.01. The zero-order valence-electron chi connectivity index (χ0n) is 18.8. The third-order valence-electron chi connectivity index (χ3n) is 4.97. The Morgan fingerprint density at radius 3 is 2.74 bits per heavy atom. The van der Waals surface area contributed by atoms with Gasteiger partial charge in [0.05, 0.1) is 22.1 Å². The van der Waals surface area contributed by atoms with Crippen molar-refractivity contribution in [3.05, 3.63) is 93.8 Å². The number of nitrogens with two attached hydrogens (primary N) is 1. The minimum atomic E-state index is -0.775. The summed E-state index contributed by atoms with van der Waals surface area (Å²) in [6, 6.07) is 5.17. The topological polar surface area (TPSA) is 104 Å². The number of nitrogens with zero attached hydrogens (tertiary/aromatic N) is 3. The third kappa shape index (κ3) is 4.94. The van der Waals surface area contributed by atoms with Gasteiger partial charge in [-0.15, -0.1) is 0 Å². The van der Waals surface area contributed by atoms with Crippen LogP contribution >= 0.6 is 11.6 Å². The SMILES string of the molecule is C=C/C=C\C(=C/C)n1c(=O)c(C(=O)Nc2cc(F)c(Oc3ccnc(N)c3)cc2Cl)c(C)n1C. The fourth-order valence-electron chi connectivity index (χ4n) is 3.22. The molecule has 1 aromatic carbocycles. The van der Waals surface area contributed by atoms with Gasteiger partial charge in [-0.3, -0.25) is 14.3 Å². The fourth-order valence-corrected chi connectivity index (χ4v) is 3.42. The molecule has 2 aromatic heterocycles. The van der Waals surface area contributed by atoms with Crippen LogP contribution in [-0.2, 0) is 7.05 Å². The van der Waals surface area contributed by atoms with E-state index in [1.165, 1.54) is 29.1 Å². The Bertz CT molecular complexity index is 1390. The van der Waals surface area contributed by atoms with Gasteiger partial charge in [0.15, 0.2) is 11.6 Å². The monoisotopic (exact) mass is 483 g/mol. The number of carbonyl (C=O) groups excluding carboxylic acids is 1. The molecule has 176 valence electrons. The summed E-state index contributed by atoms with van der Waals surface area (Å²) in [5.41, 5.74) is 5.92. The lowest BCUT2D eigenvalue weighted by Crippen LogP contribution is -2.25. The van der Waals surface area contributed by atoms with E-state index in [4.69, 9.17) is 22.1 Å². The number of hydrogen-bond acceptors (Lipinski definition) is 5. The van der Waals surface area contributed by atoms with Crippen molar-refractivity contribution >= 4 is 34.7 Å². The van der Waals surface area contributed by atoms with Crippen LogP contribution in [0.1, 0.15) is 23.0 Å². The maximum atomic E-state index is 14.7. The first-order valence-corrected chi connectivity index (χ1v) is 10.5. The van der Waals surface area contributed by atoms with Crippen molar-refractivity contribution in [3.8, 4) is 11.5 Å². The summed E-state index contributed by atoms with van der Waals surface area (Å²) in [4.78, 5) is 29.9. The summed E-state index contributed by atoms with van der Waals surface area (Å²) in [6.07, 6.45) is 8.09. The van der Waals surface area contributed by atoms with Crippen LogP contribution in [0.3, 0.4) is 0 Å². The molecule has 0 spiro atoms. The predicted molar refractivity (Wildman–Crippen MR) is 132 cm³/mol. The normalized spacial score (nSPS) is 11.6. The van der Waals surface area contributed by atoms with Crippen LogP contribution in [0.2, 0.25) is 5.02 Å². The molecule has 0 fully saturated rings. The Morgan fingerprint density at radius 2 is 2.09 bits per heavy atom. The number of amides is 1. The number of pyridine rings is 1. The van der Waals surface area contributed by atoms with Gasteiger partial charge in [0.2, 0.25) is 0 Å². The van der Waals surface area contributed by atoms with Crippen LogP contribution in [-0.4, -0.2) is 20.3 Å². The second-order valence-corrected chi connectivity index (χ2v) is 7.55. The Hall–Kier alpha value is -4.11. The van der Waals surface area contributed by atoms with Crippen LogP contribution in [0.15, 0.2) is 66.1 Å². The Labute approximate surface area is 200 Å².